The van der Waals surface area contributed by atoms with E-state index in [2.05, 4.69) is 21.2 Å². The molecule has 2 amide bonds. The Hall–Kier alpha value is -2.54. The van der Waals surface area contributed by atoms with Gasteiger partial charge in [-0.1, -0.05) is 22.0 Å². The van der Waals surface area contributed by atoms with Gasteiger partial charge in [0, 0.05) is 34.7 Å². The van der Waals surface area contributed by atoms with Crippen molar-refractivity contribution >= 4 is 27.7 Å². The van der Waals surface area contributed by atoms with Gasteiger partial charge in [-0.3, -0.25) is 9.59 Å². The maximum atomic E-state index is 12.8. The molecule has 1 aliphatic rings. The zero-order chi connectivity index (χ0) is 20.1. The summed E-state index contributed by atoms with van der Waals surface area (Å²) in [6, 6.07) is 12.5. The third kappa shape index (κ3) is 4.65. The zero-order valence-corrected chi connectivity index (χ0v) is 17.5. The van der Waals surface area contributed by atoms with E-state index < -0.39 is 0 Å². The van der Waals surface area contributed by atoms with Gasteiger partial charge in [0.25, 0.3) is 11.8 Å². The van der Waals surface area contributed by atoms with E-state index in [1.165, 1.54) is 0 Å². The van der Waals surface area contributed by atoms with E-state index in [0.29, 0.717) is 35.7 Å². The lowest BCUT2D eigenvalue weighted by molar-refractivity contribution is 0.0697. The molecule has 28 heavy (non-hydrogen) atoms. The van der Waals surface area contributed by atoms with E-state index in [9.17, 15) is 9.59 Å². The van der Waals surface area contributed by atoms with Crippen molar-refractivity contribution < 1.29 is 19.1 Å². The van der Waals surface area contributed by atoms with Crippen LogP contribution in [0.1, 0.15) is 33.6 Å². The quantitative estimate of drug-likeness (QED) is 0.762. The maximum Gasteiger partial charge on any atom is 0.253 e. The van der Waals surface area contributed by atoms with Crippen molar-refractivity contribution in [2.45, 2.75) is 18.9 Å². The highest BCUT2D eigenvalue weighted by Gasteiger charge is 2.25. The van der Waals surface area contributed by atoms with Crippen LogP contribution in [0.25, 0.3) is 0 Å². The highest BCUT2D eigenvalue weighted by Crippen LogP contribution is 2.28. The zero-order valence-electron chi connectivity index (χ0n) is 15.9. The monoisotopic (exact) mass is 446 g/mol. The van der Waals surface area contributed by atoms with Crippen LogP contribution in [-0.2, 0) is 0 Å². The minimum absolute atomic E-state index is 0.0438. The van der Waals surface area contributed by atoms with Gasteiger partial charge in [-0.15, -0.1) is 0 Å². The highest BCUT2D eigenvalue weighted by atomic mass is 79.9. The molecular weight excluding hydrogens is 424 g/mol. The molecule has 2 aromatic carbocycles. The summed E-state index contributed by atoms with van der Waals surface area (Å²) >= 11 is 3.38. The Kier molecular flexibility index (Phi) is 6.57. The lowest BCUT2D eigenvalue weighted by Gasteiger charge is -2.32. The second-order valence-electron chi connectivity index (χ2n) is 6.62. The highest BCUT2D eigenvalue weighted by molar-refractivity contribution is 9.10. The number of nitrogens with zero attached hydrogens (tertiary/aromatic N) is 1. The predicted molar refractivity (Wildman–Crippen MR) is 110 cm³/mol. The molecule has 0 radical (unpaired) electrons. The van der Waals surface area contributed by atoms with E-state index in [-0.39, 0.29) is 17.9 Å². The molecule has 0 unspecified atom stereocenters. The van der Waals surface area contributed by atoms with Crippen LogP contribution >= 0.6 is 15.9 Å². The topological polar surface area (TPSA) is 67.9 Å². The van der Waals surface area contributed by atoms with Gasteiger partial charge >= 0.3 is 0 Å². The number of halogens is 1. The molecular formula is C21H23BrN2O4. The molecule has 148 valence electrons. The Balaban J connectivity index is 1.57. The van der Waals surface area contributed by atoms with Crippen molar-refractivity contribution in [1.29, 1.82) is 0 Å². The summed E-state index contributed by atoms with van der Waals surface area (Å²) in [6.07, 6.45) is 1.44. The molecule has 2 aromatic rings. The first kappa shape index (κ1) is 20.2. The lowest BCUT2D eigenvalue weighted by atomic mass is 10.0. The molecule has 1 heterocycles. The fourth-order valence-corrected chi connectivity index (χ4v) is 3.68. The van der Waals surface area contributed by atoms with Crippen LogP contribution in [0.15, 0.2) is 46.9 Å². The number of piperidine rings is 1. The van der Waals surface area contributed by atoms with Gasteiger partial charge in [-0.2, -0.15) is 0 Å². The summed E-state index contributed by atoms with van der Waals surface area (Å²) < 4.78 is 11.4. The third-order valence-electron chi connectivity index (χ3n) is 4.83. The van der Waals surface area contributed by atoms with Gasteiger partial charge in [0.2, 0.25) is 0 Å². The fourth-order valence-electron chi connectivity index (χ4n) is 3.28. The molecule has 1 saturated heterocycles. The van der Waals surface area contributed by atoms with Crippen molar-refractivity contribution in [3.63, 3.8) is 0 Å². The molecule has 0 bridgehead atoms. The number of rotatable bonds is 5. The average molecular weight is 447 g/mol. The summed E-state index contributed by atoms with van der Waals surface area (Å²) in [5.41, 5.74) is 1.19. The molecule has 1 aliphatic heterocycles. The number of carbonyl (C=O) groups excluding carboxylic acids is 2. The second-order valence-corrected chi connectivity index (χ2v) is 7.54. The standard InChI is InChI=1S/C21H23BrN2O4/c1-27-18-7-6-15(13-19(18)28-2)21(26)24-10-8-17(9-11-24)23-20(25)14-4-3-5-16(22)12-14/h3-7,12-13,17H,8-11H2,1-2H3,(H,23,25). The van der Waals surface area contributed by atoms with E-state index >= 15 is 0 Å². The van der Waals surface area contributed by atoms with Crippen LogP contribution in [0.5, 0.6) is 11.5 Å². The van der Waals surface area contributed by atoms with Crippen molar-refractivity contribution in [1.82, 2.24) is 10.2 Å². The van der Waals surface area contributed by atoms with Gasteiger partial charge in [-0.05, 0) is 49.2 Å². The molecule has 0 aliphatic carbocycles. The van der Waals surface area contributed by atoms with Gasteiger partial charge < -0.3 is 19.7 Å². The minimum Gasteiger partial charge on any atom is -0.493 e. The van der Waals surface area contributed by atoms with Crippen LogP contribution in [-0.4, -0.2) is 50.1 Å². The molecule has 1 N–H and O–H groups in total. The number of benzene rings is 2. The van der Waals surface area contributed by atoms with Crippen molar-refractivity contribution in [3.05, 3.63) is 58.1 Å². The van der Waals surface area contributed by atoms with Crippen molar-refractivity contribution in [2.75, 3.05) is 27.3 Å². The van der Waals surface area contributed by atoms with E-state index in [1.54, 1.807) is 44.6 Å². The summed E-state index contributed by atoms with van der Waals surface area (Å²) in [7, 11) is 3.11. The smallest absolute Gasteiger partial charge is 0.253 e. The number of carbonyl (C=O) groups is 2. The molecule has 0 atom stereocenters. The van der Waals surface area contributed by atoms with Crippen LogP contribution in [0.2, 0.25) is 0 Å². The largest absolute Gasteiger partial charge is 0.493 e. The number of nitrogens with one attached hydrogen (secondary N) is 1. The molecule has 6 nitrogen and oxygen atoms in total. The fraction of sp³-hybridized carbons (Fsp3) is 0.333. The first-order chi connectivity index (χ1) is 13.5. The van der Waals surface area contributed by atoms with Crippen LogP contribution in [0, 0.1) is 0 Å². The van der Waals surface area contributed by atoms with Crippen molar-refractivity contribution in [3.8, 4) is 11.5 Å². The van der Waals surface area contributed by atoms with E-state index in [4.69, 9.17) is 9.47 Å². The van der Waals surface area contributed by atoms with Gasteiger partial charge in [0.1, 0.15) is 0 Å². The Bertz CT molecular complexity index is 863. The molecule has 0 aromatic heterocycles. The number of hydrogen-bond donors (Lipinski definition) is 1. The van der Waals surface area contributed by atoms with Crippen LogP contribution < -0.4 is 14.8 Å². The number of hydrogen-bond acceptors (Lipinski definition) is 4. The normalized spacial score (nSPS) is 14.5. The average Bonchev–Trinajstić information content (AvgIpc) is 2.73. The summed E-state index contributed by atoms with van der Waals surface area (Å²) in [5, 5.41) is 3.06. The van der Waals surface area contributed by atoms with E-state index in [1.807, 2.05) is 17.0 Å². The van der Waals surface area contributed by atoms with Crippen molar-refractivity contribution in [2.24, 2.45) is 0 Å². The molecule has 7 heteroatoms. The Morgan fingerprint density at radius 3 is 2.36 bits per heavy atom. The van der Waals surface area contributed by atoms with Crippen LogP contribution in [0.4, 0.5) is 0 Å². The van der Waals surface area contributed by atoms with Gasteiger partial charge in [0.15, 0.2) is 11.5 Å². The minimum atomic E-state index is -0.0917. The Morgan fingerprint density at radius 2 is 1.71 bits per heavy atom. The summed E-state index contributed by atoms with van der Waals surface area (Å²) in [4.78, 5) is 27.0. The second kappa shape index (κ2) is 9.10. The molecule has 0 saturated carbocycles. The first-order valence-corrected chi connectivity index (χ1v) is 9.89. The number of ether oxygens (including phenoxy) is 2. The van der Waals surface area contributed by atoms with Crippen LogP contribution in [0.3, 0.4) is 0 Å². The first-order valence-electron chi connectivity index (χ1n) is 9.09. The lowest BCUT2D eigenvalue weighted by Crippen LogP contribution is -2.46. The van der Waals surface area contributed by atoms with Gasteiger partial charge in [0.05, 0.1) is 14.2 Å². The number of likely N-dealkylation sites (tertiary alicyclic amines) is 1. The predicted octanol–water partition coefficient (Wildman–Crippen LogP) is 3.50. The SMILES string of the molecule is COc1ccc(C(=O)N2CCC(NC(=O)c3cccc(Br)c3)CC2)cc1OC. The summed E-state index contributed by atoms with van der Waals surface area (Å²) in [5.74, 6) is 0.987. The van der Waals surface area contributed by atoms with Gasteiger partial charge in [-0.25, -0.2) is 0 Å². The molecule has 3 rings (SSSR count). The summed E-state index contributed by atoms with van der Waals surface area (Å²) in [6.45, 7) is 1.19. The third-order valence-corrected chi connectivity index (χ3v) is 5.33. The number of amides is 2. The van der Waals surface area contributed by atoms with E-state index in [0.717, 1.165) is 17.3 Å². The molecule has 0 spiro atoms. The Morgan fingerprint density at radius 1 is 1.00 bits per heavy atom. The number of methoxy groups -OCH3 is 2. The molecule has 1 fully saturated rings. The Labute approximate surface area is 172 Å². The maximum absolute atomic E-state index is 12.8.